The molecule has 7 heteroatoms. The maximum absolute atomic E-state index is 14.2. The van der Waals surface area contributed by atoms with Crippen molar-refractivity contribution in [3.05, 3.63) is 29.3 Å². The number of carbonyl (C=O) groups is 1. The summed E-state index contributed by atoms with van der Waals surface area (Å²) in [4.78, 5) is 10.9. The van der Waals surface area contributed by atoms with Gasteiger partial charge in [-0.25, -0.2) is 13.6 Å². The van der Waals surface area contributed by atoms with E-state index in [1.165, 1.54) is 0 Å². The highest BCUT2D eigenvalue weighted by atomic mass is 19.1. The summed E-state index contributed by atoms with van der Waals surface area (Å²) in [7, 11) is -1.14. The molecule has 2 rings (SSSR count). The van der Waals surface area contributed by atoms with Gasteiger partial charge in [0.1, 0.15) is 11.6 Å². The Balaban J connectivity index is 2.48. The van der Waals surface area contributed by atoms with Gasteiger partial charge in [-0.15, -0.1) is 0 Å². The number of benzene rings is 1. The molecule has 0 amide bonds. The van der Waals surface area contributed by atoms with Gasteiger partial charge in [0.2, 0.25) is 0 Å². The van der Waals surface area contributed by atoms with Crippen LogP contribution >= 0.6 is 0 Å². The van der Waals surface area contributed by atoms with Crippen LogP contribution in [0.2, 0.25) is 0 Å². The van der Waals surface area contributed by atoms with Crippen LogP contribution in [-0.2, 0) is 9.31 Å². The number of halogens is 2. The molecule has 1 aromatic rings. The molecule has 1 aromatic carbocycles. The van der Waals surface area contributed by atoms with E-state index >= 15 is 0 Å². The van der Waals surface area contributed by atoms with Gasteiger partial charge in [0.25, 0.3) is 0 Å². The number of aromatic carboxylic acids is 1. The van der Waals surface area contributed by atoms with E-state index < -0.39 is 41.5 Å². The van der Waals surface area contributed by atoms with Crippen molar-refractivity contribution in [2.24, 2.45) is 0 Å². The van der Waals surface area contributed by atoms with E-state index in [1.807, 2.05) is 0 Å². The van der Waals surface area contributed by atoms with Crippen molar-refractivity contribution in [3.63, 3.8) is 0 Å². The molecule has 0 atom stereocenters. The van der Waals surface area contributed by atoms with Crippen LogP contribution in [-0.4, -0.2) is 29.4 Å². The van der Waals surface area contributed by atoms with Crippen LogP contribution < -0.4 is 5.46 Å². The molecule has 0 aromatic heterocycles. The minimum absolute atomic E-state index is 0.249. The Bertz CT molecular complexity index is 556. The van der Waals surface area contributed by atoms with Crippen molar-refractivity contribution in [2.45, 2.75) is 38.9 Å². The topological polar surface area (TPSA) is 55.8 Å². The molecule has 1 fully saturated rings. The summed E-state index contributed by atoms with van der Waals surface area (Å²) < 4.78 is 38.8. The Morgan fingerprint density at radius 1 is 1.15 bits per heavy atom. The number of carboxylic acid groups (broad SMARTS) is 1. The van der Waals surface area contributed by atoms with Crippen molar-refractivity contribution < 1.29 is 28.0 Å². The highest BCUT2D eigenvalue weighted by molar-refractivity contribution is 6.62. The fraction of sp³-hybridized carbons (Fsp3) is 0.462. The van der Waals surface area contributed by atoms with Crippen LogP contribution in [0.15, 0.2) is 12.1 Å². The van der Waals surface area contributed by atoms with Crippen LogP contribution in [0.1, 0.15) is 38.1 Å². The van der Waals surface area contributed by atoms with Crippen molar-refractivity contribution in [2.75, 3.05) is 0 Å². The summed E-state index contributed by atoms with van der Waals surface area (Å²) in [5, 5.41) is 8.87. The molecule has 1 aliphatic heterocycles. The van der Waals surface area contributed by atoms with E-state index in [0.29, 0.717) is 6.07 Å². The molecule has 0 aliphatic carbocycles. The smallest absolute Gasteiger partial charge is 0.478 e. The molecule has 1 saturated heterocycles. The SMILES string of the molecule is CC1(C)OB(c2cc(F)cc(C(=O)O)c2F)OC1(C)C. The predicted octanol–water partition coefficient (Wildman–Crippen LogP) is 1.96. The van der Waals surface area contributed by atoms with Gasteiger partial charge in [-0.1, -0.05) is 0 Å². The average Bonchev–Trinajstić information content (AvgIpc) is 2.50. The lowest BCUT2D eigenvalue weighted by Gasteiger charge is -2.32. The average molecular weight is 284 g/mol. The molecule has 0 unspecified atom stereocenters. The molecule has 4 nitrogen and oxygen atoms in total. The summed E-state index contributed by atoms with van der Waals surface area (Å²) in [5.41, 5.74) is -2.43. The van der Waals surface area contributed by atoms with Gasteiger partial charge in [0.15, 0.2) is 0 Å². The normalized spacial score (nSPS) is 20.2. The van der Waals surface area contributed by atoms with E-state index in [4.69, 9.17) is 14.4 Å². The van der Waals surface area contributed by atoms with Crippen LogP contribution in [0.5, 0.6) is 0 Å². The maximum atomic E-state index is 14.2. The fourth-order valence-corrected chi connectivity index (χ4v) is 1.91. The first-order valence-corrected chi connectivity index (χ1v) is 6.13. The first-order valence-electron chi connectivity index (χ1n) is 6.13. The summed E-state index contributed by atoms with van der Waals surface area (Å²) in [6.07, 6.45) is 0. The lowest BCUT2D eigenvalue weighted by Crippen LogP contribution is -2.41. The summed E-state index contributed by atoms with van der Waals surface area (Å²) in [5.74, 6) is -3.44. The molecule has 0 radical (unpaired) electrons. The molecular formula is C13H15BF2O4. The summed E-state index contributed by atoms with van der Waals surface area (Å²) in [6.45, 7) is 7.06. The molecule has 1 aliphatic rings. The molecule has 1 N–H and O–H groups in total. The lowest BCUT2D eigenvalue weighted by molar-refractivity contribution is 0.00578. The Kier molecular flexibility index (Phi) is 3.38. The Hall–Kier alpha value is -1.47. The maximum Gasteiger partial charge on any atom is 0.497 e. The van der Waals surface area contributed by atoms with Crippen molar-refractivity contribution >= 4 is 18.6 Å². The second-order valence-electron chi connectivity index (χ2n) is 5.75. The zero-order chi connectivity index (χ0) is 15.3. The highest BCUT2D eigenvalue weighted by Gasteiger charge is 2.52. The van der Waals surface area contributed by atoms with Gasteiger partial charge in [0.05, 0.1) is 16.8 Å². The van der Waals surface area contributed by atoms with Gasteiger partial charge in [0, 0.05) is 5.46 Å². The first-order chi connectivity index (χ1) is 9.05. The van der Waals surface area contributed by atoms with E-state index in [-0.39, 0.29) is 5.46 Å². The quantitative estimate of drug-likeness (QED) is 0.843. The summed E-state index contributed by atoms with van der Waals surface area (Å²) >= 11 is 0. The van der Waals surface area contributed by atoms with Gasteiger partial charge in [-0.05, 0) is 39.8 Å². The Morgan fingerprint density at radius 3 is 2.10 bits per heavy atom. The minimum Gasteiger partial charge on any atom is -0.478 e. The van der Waals surface area contributed by atoms with E-state index in [2.05, 4.69) is 0 Å². The van der Waals surface area contributed by atoms with Crippen LogP contribution in [0.25, 0.3) is 0 Å². The van der Waals surface area contributed by atoms with Crippen LogP contribution in [0, 0.1) is 11.6 Å². The molecule has 108 valence electrons. The van der Waals surface area contributed by atoms with Gasteiger partial charge < -0.3 is 14.4 Å². The fourth-order valence-electron chi connectivity index (χ4n) is 1.91. The standard InChI is InChI=1S/C13H15BF2O4/c1-12(2)13(3,4)20-14(19-12)9-6-7(15)5-8(10(9)16)11(17)18/h5-6H,1-4H3,(H,17,18). The molecule has 0 bridgehead atoms. The Labute approximate surface area is 115 Å². The van der Waals surface area contributed by atoms with E-state index in [9.17, 15) is 13.6 Å². The van der Waals surface area contributed by atoms with Gasteiger partial charge in [-0.3, -0.25) is 0 Å². The van der Waals surface area contributed by atoms with Crippen molar-refractivity contribution in [3.8, 4) is 0 Å². The minimum atomic E-state index is -1.54. The lowest BCUT2D eigenvalue weighted by atomic mass is 9.77. The predicted molar refractivity (Wildman–Crippen MR) is 69.0 cm³/mol. The van der Waals surface area contributed by atoms with Crippen molar-refractivity contribution in [1.29, 1.82) is 0 Å². The molecular weight excluding hydrogens is 269 g/mol. The third-order valence-electron chi connectivity index (χ3n) is 3.80. The van der Waals surface area contributed by atoms with Crippen LogP contribution in [0.3, 0.4) is 0 Å². The molecule has 1 heterocycles. The molecule has 0 saturated carbocycles. The third-order valence-corrected chi connectivity index (χ3v) is 3.80. The number of rotatable bonds is 2. The van der Waals surface area contributed by atoms with Gasteiger partial charge in [-0.2, -0.15) is 0 Å². The Morgan fingerprint density at radius 2 is 1.65 bits per heavy atom. The molecule has 0 spiro atoms. The second kappa shape index (κ2) is 4.53. The number of carboxylic acids is 1. The summed E-state index contributed by atoms with van der Waals surface area (Å²) in [6, 6.07) is 1.52. The second-order valence-corrected chi connectivity index (χ2v) is 5.75. The zero-order valence-corrected chi connectivity index (χ0v) is 11.7. The number of hydrogen-bond acceptors (Lipinski definition) is 3. The van der Waals surface area contributed by atoms with Gasteiger partial charge >= 0.3 is 13.1 Å². The third kappa shape index (κ3) is 2.31. The number of hydrogen-bond donors (Lipinski definition) is 1. The highest BCUT2D eigenvalue weighted by Crippen LogP contribution is 2.36. The first kappa shape index (κ1) is 14.9. The van der Waals surface area contributed by atoms with E-state index in [0.717, 1.165) is 6.07 Å². The van der Waals surface area contributed by atoms with Crippen LogP contribution in [0.4, 0.5) is 8.78 Å². The van der Waals surface area contributed by atoms with Crippen molar-refractivity contribution in [1.82, 2.24) is 0 Å². The van der Waals surface area contributed by atoms with E-state index in [1.54, 1.807) is 27.7 Å². The monoisotopic (exact) mass is 284 g/mol. The molecule has 20 heavy (non-hydrogen) atoms. The largest absolute Gasteiger partial charge is 0.497 e. The zero-order valence-electron chi connectivity index (χ0n) is 11.7.